The Hall–Kier alpha value is -2.73. The number of rotatable bonds is 5. The van der Waals surface area contributed by atoms with Crippen LogP contribution in [0.5, 0.6) is 0 Å². The molecule has 108 valence electrons. The van der Waals surface area contributed by atoms with E-state index in [9.17, 15) is 14.9 Å². The molecule has 0 aliphatic heterocycles. The maximum Gasteiger partial charge on any atom is 0.275 e. The monoisotopic (exact) mass is 286 g/mol. The van der Waals surface area contributed by atoms with Gasteiger partial charge in [-0.05, 0) is 24.1 Å². The van der Waals surface area contributed by atoms with Crippen LogP contribution in [-0.2, 0) is 11.4 Å². The highest BCUT2D eigenvalue weighted by Crippen LogP contribution is 2.16. The molecule has 6 nitrogen and oxygen atoms in total. The number of hydroxylamine groups is 1. The van der Waals surface area contributed by atoms with Crippen LogP contribution in [0.25, 0.3) is 0 Å². The molecule has 2 aromatic rings. The van der Waals surface area contributed by atoms with Gasteiger partial charge in [-0.1, -0.05) is 30.3 Å². The topological polar surface area (TPSA) is 81.5 Å². The molecule has 0 unspecified atom stereocenters. The van der Waals surface area contributed by atoms with Gasteiger partial charge in [-0.15, -0.1) is 0 Å². The van der Waals surface area contributed by atoms with Gasteiger partial charge in [0.1, 0.15) is 0 Å². The minimum atomic E-state index is -0.533. The minimum absolute atomic E-state index is 0.122. The molecule has 2 rings (SSSR count). The normalized spacial score (nSPS) is 10.1. The second-order valence-electron chi connectivity index (χ2n) is 4.52. The molecule has 2 aromatic carbocycles. The van der Waals surface area contributed by atoms with Crippen LogP contribution in [0.1, 0.15) is 21.5 Å². The lowest BCUT2D eigenvalue weighted by Gasteiger charge is -2.06. The highest BCUT2D eigenvalue weighted by atomic mass is 16.7. The van der Waals surface area contributed by atoms with Crippen molar-refractivity contribution in [1.29, 1.82) is 0 Å². The third kappa shape index (κ3) is 4.12. The number of hydrogen-bond acceptors (Lipinski definition) is 4. The second-order valence-corrected chi connectivity index (χ2v) is 4.52. The molecule has 0 aromatic heterocycles. The number of nitro groups is 1. The molecule has 0 saturated heterocycles. The average Bonchev–Trinajstić information content (AvgIpc) is 2.47. The summed E-state index contributed by atoms with van der Waals surface area (Å²) in [5, 5.41) is 10.8. The van der Waals surface area contributed by atoms with E-state index >= 15 is 0 Å². The van der Waals surface area contributed by atoms with Crippen molar-refractivity contribution >= 4 is 11.6 Å². The number of amides is 1. The molecule has 6 heteroatoms. The first kappa shape index (κ1) is 14.7. The molecule has 0 aliphatic rings. The zero-order valence-electron chi connectivity index (χ0n) is 11.4. The number of nitrogens with zero attached hydrogens (tertiary/aromatic N) is 1. The third-order valence-corrected chi connectivity index (χ3v) is 2.78. The highest BCUT2D eigenvalue weighted by Gasteiger charge is 2.13. The minimum Gasteiger partial charge on any atom is -0.269 e. The van der Waals surface area contributed by atoms with Crippen LogP contribution < -0.4 is 5.48 Å². The Bertz CT molecular complexity index is 656. The van der Waals surface area contributed by atoms with Gasteiger partial charge in [0.05, 0.1) is 11.5 Å². The molecule has 21 heavy (non-hydrogen) atoms. The first-order valence-electron chi connectivity index (χ1n) is 6.28. The van der Waals surface area contributed by atoms with E-state index in [2.05, 4.69) is 5.48 Å². The van der Waals surface area contributed by atoms with Gasteiger partial charge in [0, 0.05) is 17.7 Å². The number of hydrogen-bond donors (Lipinski definition) is 1. The van der Waals surface area contributed by atoms with Crippen LogP contribution >= 0.6 is 0 Å². The van der Waals surface area contributed by atoms with E-state index < -0.39 is 10.8 Å². The fourth-order valence-corrected chi connectivity index (χ4v) is 1.82. The number of benzene rings is 2. The zero-order valence-corrected chi connectivity index (χ0v) is 11.4. The van der Waals surface area contributed by atoms with Crippen molar-refractivity contribution in [2.75, 3.05) is 0 Å². The van der Waals surface area contributed by atoms with Crippen molar-refractivity contribution in [3.05, 3.63) is 75.3 Å². The fraction of sp³-hybridized carbons (Fsp3) is 0.133. The third-order valence-electron chi connectivity index (χ3n) is 2.78. The number of aryl methyl sites for hydroxylation is 1. The lowest BCUT2D eigenvalue weighted by Crippen LogP contribution is -2.23. The highest BCUT2D eigenvalue weighted by molar-refractivity contribution is 5.94. The smallest absolute Gasteiger partial charge is 0.269 e. The molecule has 0 heterocycles. The van der Waals surface area contributed by atoms with Gasteiger partial charge in [0.2, 0.25) is 0 Å². The van der Waals surface area contributed by atoms with Gasteiger partial charge in [0.15, 0.2) is 0 Å². The van der Waals surface area contributed by atoms with Crippen LogP contribution in [0.4, 0.5) is 5.69 Å². The SMILES string of the molecule is Cc1cc(C(=O)NOCc2ccccc2)cc([N+](=O)[O-])c1. The van der Waals surface area contributed by atoms with Crippen molar-refractivity contribution in [1.82, 2.24) is 5.48 Å². The average molecular weight is 286 g/mol. The van der Waals surface area contributed by atoms with Crippen LogP contribution in [0.2, 0.25) is 0 Å². The molecule has 0 saturated carbocycles. The maximum atomic E-state index is 11.9. The Morgan fingerprint density at radius 2 is 1.95 bits per heavy atom. The van der Waals surface area contributed by atoms with E-state index in [0.29, 0.717) is 5.56 Å². The van der Waals surface area contributed by atoms with Gasteiger partial charge < -0.3 is 0 Å². The standard InChI is InChI=1S/C15H14N2O4/c1-11-7-13(9-14(8-11)17(19)20)15(18)16-21-10-12-5-3-2-4-6-12/h2-9H,10H2,1H3,(H,16,18). The molecule has 0 radical (unpaired) electrons. The number of carbonyl (C=O) groups is 1. The quantitative estimate of drug-likeness (QED) is 0.677. The second kappa shape index (κ2) is 6.62. The van der Waals surface area contributed by atoms with E-state index in [-0.39, 0.29) is 17.9 Å². The van der Waals surface area contributed by atoms with Crippen LogP contribution in [0.3, 0.4) is 0 Å². The van der Waals surface area contributed by atoms with Crippen LogP contribution in [0.15, 0.2) is 48.5 Å². The molecule has 0 atom stereocenters. The summed E-state index contributed by atoms with van der Waals surface area (Å²) in [5.41, 5.74) is 3.89. The van der Waals surface area contributed by atoms with E-state index in [1.807, 2.05) is 30.3 Å². The van der Waals surface area contributed by atoms with Gasteiger partial charge in [-0.25, -0.2) is 5.48 Å². The molecular formula is C15H14N2O4. The first-order valence-corrected chi connectivity index (χ1v) is 6.28. The zero-order chi connectivity index (χ0) is 15.2. The Kier molecular flexibility index (Phi) is 4.63. The molecule has 0 aliphatic carbocycles. The summed E-state index contributed by atoms with van der Waals surface area (Å²) >= 11 is 0. The summed E-state index contributed by atoms with van der Waals surface area (Å²) in [6.07, 6.45) is 0. The predicted octanol–water partition coefficient (Wildman–Crippen LogP) is 2.76. The van der Waals surface area contributed by atoms with Crippen molar-refractivity contribution < 1.29 is 14.6 Å². The van der Waals surface area contributed by atoms with Gasteiger partial charge in [-0.2, -0.15) is 0 Å². The molecule has 0 fully saturated rings. The molecule has 0 spiro atoms. The summed E-state index contributed by atoms with van der Waals surface area (Å²) in [7, 11) is 0. The largest absolute Gasteiger partial charge is 0.275 e. The Morgan fingerprint density at radius 3 is 2.62 bits per heavy atom. The van der Waals surface area contributed by atoms with E-state index in [0.717, 1.165) is 5.56 Å². The van der Waals surface area contributed by atoms with Gasteiger partial charge >= 0.3 is 0 Å². The van der Waals surface area contributed by atoms with Crippen molar-refractivity contribution in [3.8, 4) is 0 Å². The molecule has 0 bridgehead atoms. The van der Waals surface area contributed by atoms with Crippen molar-refractivity contribution in [3.63, 3.8) is 0 Å². The van der Waals surface area contributed by atoms with E-state index in [1.54, 1.807) is 13.0 Å². The summed E-state index contributed by atoms with van der Waals surface area (Å²) < 4.78 is 0. The van der Waals surface area contributed by atoms with Crippen molar-refractivity contribution in [2.45, 2.75) is 13.5 Å². The Labute approximate surface area is 121 Å². The number of nitro benzene ring substituents is 1. The molecule has 1 amide bonds. The lowest BCUT2D eigenvalue weighted by molar-refractivity contribution is -0.384. The number of carbonyl (C=O) groups excluding carboxylic acids is 1. The Morgan fingerprint density at radius 1 is 1.24 bits per heavy atom. The first-order chi connectivity index (χ1) is 10.1. The number of non-ortho nitro benzene ring substituents is 1. The lowest BCUT2D eigenvalue weighted by atomic mass is 10.1. The summed E-state index contributed by atoms with van der Waals surface area (Å²) in [5.74, 6) is -0.516. The predicted molar refractivity (Wildman–Crippen MR) is 76.5 cm³/mol. The maximum absolute atomic E-state index is 11.9. The summed E-state index contributed by atoms with van der Waals surface area (Å²) in [6, 6.07) is 13.5. The molecule has 1 N–H and O–H groups in total. The number of nitrogens with one attached hydrogen (secondary N) is 1. The summed E-state index contributed by atoms with van der Waals surface area (Å²) in [6.45, 7) is 1.91. The summed E-state index contributed by atoms with van der Waals surface area (Å²) in [4.78, 5) is 27.2. The van der Waals surface area contributed by atoms with E-state index in [1.165, 1.54) is 12.1 Å². The van der Waals surface area contributed by atoms with Gasteiger partial charge in [-0.3, -0.25) is 19.7 Å². The van der Waals surface area contributed by atoms with E-state index in [4.69, 9.17) is 4.84 Å². The van der Waals surface area contributed by atoms with Crippen molar-refractivity contribution in [2.24, 2.45) is 0 Å². The Balaban J connectivity index is 1.99. The fourth-order valence-electron chi connectivity index (χ4n) is 1.82. The van der Waals surface area contributed by atoms with Crippen LogP contribution in [-0.4, -0.2) is 10.8 Å². The van der Waals surface area contributed by atoms with Crippen LogP contribution in [0, 0.1) is 17.0 Å². The van der Waals surface area contributed by atoms with Gasteiger partial charge in [0.25, 0.3) is 11.6 Å². The molecular weight excluding hydrogens is 272 g/mol.